The highest BCUT2D eigenvalue weighted by molar-refractivity contribution is 7.80. The fraction of sp³-hybridized carbons (Fsp3) is 1.00. The highest BCUT2D eigenvalue weighted by Gasteiger charge is 2.32. The monoisotopic (exact) mass is 230 g/mol. The molecular weight excluding hydrogens is 204 g/mol. The van der Waals surface area contributed by atoms with Crippen LogP contribution in [0.25, 0.3) is 0 Å². The molecule has 0 bridgehead atoms. The van der Waals surface area contributed by atoms with Gasteiger partial charge in [-0.05, 0) is 37.4 Å². The van der Waals surface area contributed by atoms with Gasteiger partial charge in [0.1, 0.15) is 0 Å². The van der Waals surface area contributed by atoms with E-state index in [0.717, 1.165) is 24.9 Å². The molecule has 1 rings (SSSR count). The molecule has 0 N–H and O–H groups in total. The Labute approximate surface area is 100 Å². The van der Waals surface area contributed by atoms with E-state index < -0.39 is 0 Å². The van der Waals surface area contributed by atoms with Crippen molar-refractivity contribution >= 4 is 12.6 Å². The summed E-state index contributed by atoms with van der Waals surface area (Å²) >= 11 is 4.48. The largest absolute Gasteiger partial charge is 0.381 e. The SMILES string of the molecule is CC(C)CCCOCC1(CS)CCCC1. The number of hydrogen-bond acceptors (Lipinski definition) is 2. The molecule has 2 heteroatoms. The molecule has 0 aliphatic heterocycles. The standard InChI is InChI=1S/C13H26OS/c1-12(2)6-5-9-14-10-13(11-15)7-3-4-8-13/h12,15H,3-11H2,1-2H3. The molecule has 0 aromatic carbocycles. The fourth-order valence-electron chi connectivity index (χ4n) is 2.36. The van der Waals surface area contributed by atoms with E-state index in [1.807, 2.05) is 0 Å². The van der Waals surface area contributed by atoms with Crippen LogP contribution in [0.5, 0.6) is 0 Å². The Bertz CT molecular complexity index is 162. The van der Waals surface area contributed by atoms with E-state index in [-0.39, 0.29) is 0 Å². The van der Waals surface area contributed by atoms with E-state index in [2.05, 4.69) is 26.5 Å². The molecule has 15 heavy (non-hydrogen) atoms. The number of thiol groups is 1. The molecule has 1 fully saturated rings. The van der Waals surface area contributed by atoms with E-state index in [9.17, 15) is 0 Å². The Morgan fingerprint density at radius 2 is 1.93 bits per heavy atom. The molecule has 1 nitrogen and oxygen atoms in total. The first kappa shape index (κ1) is 13.4. The van der Waals surface area contributed by atoms with Crippen LogP contribution in [0, 0.1) is 11.3 Å². The highest BCUT2D eigenvalue weighted by Crippen LogP contribution is 2.39. The van der Waals surface area contributed by atoms with Crippen LogP contribution in [0.1, 0.15) is 52.4 Å². The van der Waals surface area contributed by atoms with Crippen LogP contribution in [-0.2, 0) is 4.74 Å². The second kappa shape index (κ2) is 6.80. The van der Waals surface area contributed by atoms with Gasteiger partial charge in [0, 0.05) is 12.0 Å². The van der Waals surface area contributed by atoms with Crippen LogP contribution in [0.4, 0.5) is 0 Å². The van der Waals surface area contributed by atoms with Crippen LogP contribution in [-0.4, -0.2) is 19.0 Å². The predicted octanol–water partition coefficient (Wildman–Crippen LogP) is 3.93. The lowest BCUT2D eigenvalue weighted by molar-refractivity contribution is 0.0557. The minimum absolute atomic E-state index is 0.418. The zero-order valence-electron chi connectivity index (χ0n) is 10.3. The minimum Gasteiger partial charge on any atom is -0.381 e. The van der Waals surface area contributed by atoms with Crippen molar-refractivity contribution in [1.82, 2.24) is 0 Å². The summed E-state index contributed by atoms with van der Waals surface area (Å²) in [6, 6.07) is 0. The topological polar surface area (TPSA) is 9.23 Å². The lowest BCUT2D eigenvalue weighted by Crippen LogP contribution is -2.25. The van der Waals surface area contributed by atoms with Gasteiger partial charge >= 0.3 is 0 Å². The maximum absolute atomic E-state index is 5.81. The van der Waals surface area contributed by atoms with Crippen molar-refractivity contribution in [3.63, 3.8) is 0 Å². The third-order valence-corrected chi connectivity index (χ3v) is 4.15. The summed E-state index contributed by atoms with van der Waals surface area (Å²) in [5, 5.41) is 0. The molecule has 1 aliphatic rings. The van der Waals surface area contributed by atoms with Crippen molar-refractivity contribution in [2.45, 2.75) is 52.4 Å². The fourth-order valence-corrected chi connectivity index (χ4v) is 2.76. The Kier molecular flexibility index (Phi) is 6.06. The molecule has 0 amide bonds. The number of rotatable bonds is 7. The van der Waals surface area contributed by atoms with Crippen molar-refractivity contribution in [2.24, 2.45) is 11.3 Å². The Morgan fingerprint density at radius 1 is 1.27 bits per heavy atom. The lowest BCUT2D eigenvalue weighted by atomic mass is 9.90. The van der Waals surface area contributed by atoms with Crippen LogP contribution in [0.2, 0.25) is 0 Å². The van der Waals surface area contributed by atoms with Gasteiger partial charge in [-0.25, -0.2) is 0 Å². The van der Waals surface area contributed by atoms with Gasteiger partial charge in [0.25, 0.3) is 0 Å². The van der Waals surface area contributed by atoms with Crippen molar-refractivity contribution in [1.29, 1.82) is 0 Å². The normalized spacial score (nSPS) is 20.0. The summed E-state index contributed by atoms with van der Waals surface area (Å²) in [6.07, 6.45) is 7.88. The van der Waals surface area contributed by atoms with E-state index in [1.54, 1.807) is 0 Å². The average molecular weight is 230 g/mol. The molecule has 0 saturated heterocycles. The second-order valence-electron chi connectivity index (χ2n) is 5.45. The number of ether oxygens (including phenoxy) is 1. The minimum atomic E-state index is 0.418. The quantitative estimate of drug-likeness (QED) is 0.515. The molecule has 0 heterocycles. The van der Waals surface area contributed by atoms with Crippen molar-refractivity contribution < 1.29 is 4.74 Å². The first-order valence-electron chi connectivity index (χ1n) is 6.37. The van der Waals surface area contributed by atoms with Crippen LogP contribution in [0.15, 0.2) is 0 Å². The molecule has 0 aromatic rings. The van der Waals surface area contributed by atoms with E-state index in [4.69, 9.17) is 4.74 Å². The molecule has 1 aliphatic carbocycles. The van der Waals surface area contributed by atoms with Crippen LogP contribution < -0.4 is 0 Å². The van der Waals surface area contributed by atoms with Gasteiger partial charge in [-0.1, -0.05) is 26.7 Å². The summed E-state index contributed by atoms with van der Waals surface area (Å²) in [6.45, 7) is 6.42. The Balaban J connectivity index is 2.07. The summed E-state index contributed by atoms with van der Waals surface area (Å²) in [5.74, 6) is 1.80. The zero-order chi connectivity index (χ0) is 11.1. The lowest BCUT2D eigenvalue weighted by Gasteiger charge is -2.26. The molecule has 0 atom stereocenters. The first-order valence-corrected chi connectivity index (χ1v) is 7.00. The Hall–Kier alpha value is 0.310. The van der Waals surface area contributed by atoms with Gasteiger partial charge in [0.15, 0.2) is 0 Å². The third-order valence-electron chi connectivity index (χ3n) is 3.48. The van der Waals surface area contributed by atoms with Crippen LogP contribution in [0.3, 0.4) is 0 Å². The van der Waals surface area contributed by atoms with Crippen LogP contribution >= 0.6 is 12.6 Å². The van der Waals surface area contributed by atoms with Gasteiger partial charge in [0.2, 0.25) is 0 Å². The second-order valence-corrected chi connectivity index (χ2v) is 5.77. The average Bonchev–Trinajstić information content (AvgIpc) is 2.66. The van der Waals surface area contributed by atoms with E-state index in [1.165, 1.54) is 38.5 Å². The maximum atomic E-state index is 5.81. The van der Waals surface area contributed by atoms with Gasteiger partial charge < -0.3 is 4.74 Å². The maximum Gasteiger partial charge on any atom is 0.0530 e. The summed E-state index contributed by atoms with van der Waals surface area (Å²) in [4.78, 5) is 0. The highest BCUT2D eigenvalue weighted by atomic mass is 32.1. The van der Waals surface area contributed by atoms with Gasteiger partial charge in [-0.15, -0.1) is 0 Å². The number of hydrogen-bond donors (Lipinski definition) is 1. The van der Waals surface area contributed by atoms with Gasteiger partial charge in [-0.3, -0.25) is 0 Å². The summed E-state index contributed by atoms with van der Waals surface area (Å²) in [7, 11) is 0. The van der Waals surface area contributed by atoms with Crippen molar-refractivity contribution in [3.8, 4) is 0 Å². The van der Waals surface area contributed by atoms with Gasteiger partial charge in [0.05, 0.1) is 6.61 Å². The molecule has 0 unspecified atom stereocenters. The third kappa shape index (κ3) is 4.78. The molecule has 1 saturated carbocycles. The predicted molar refractivity (Wildman–Crippen MR) is 69.6 cm³/mol. The smallest absolute Gasteiger partial charge is 0.0530 e. The molecule has 0 spiro atoms. The first-order chi connectivity index (χ1) is 7.18. The molecule has 0 radical (unpaired) electrons. The van der Waals surface area contributed by atoms with Gasteiger partial charge in [-0.2, -0.15) is 12.6 Å². The molecule has 90 valence electrons. The zero-order valence-corrected chi connectivity index (χ0v) is 11.2. The van der Waals surface area contributed by atoms with E-state index >= 15 is 0 Å². The molecular formula is C13H26OS. The molecule has 0 aromatic heterocycles. The van der Waals surface area contributed by atoms with Crippen molar-refractivity contribution in [2.75, 3.05) is 19.0 Å². The Morgan fingerprint density at radius 3 is 2.47 bits per heavy atom. The summed E-state index contributed by atoms with van der Waals surface area (Å²) in [5.41, 5.74) is 0.418. The van der Waals surface area contributed by atoms with E-state index in [0.29, 0.717) is 5.41 Å². The van der Waals surface area contributed by atoms with Crippen molar-refractivity contribution in [3.05, 3.63) is 0 Å². The summed E-state index contributed by atoms with van der Waals surface area (Å²) < 4.78 is 5.81.